The number of nitrogens with one attached hydrogen (secondary N) is 1. The Morgan fingerprint density at radius 1 is 1.03 bits per heavy atom. The Hall–Kier alpha value is -2.82. The fraction of sp³-hybridized carbons (Fsp3) is 0.417. The Labute approximate surface area is 170 Å². The van der Waals surface area contributed by atoms with Crippen LogP contribution in [0.5, 0.6) is 0 Å². The lowest BCUT2D eigenvalue weighted by atomic mass is 9.90. The number of furan rings is 1. The van der Waals surface area contributed by atoms with Gasteiger partial charge < -0.3 is 14.6 Å². The van der Waals surface area contributed by atoms with E-state index in [9.17, 15) is 9.59 Å². The molecule has 1 N–H and O–H groups in total. The van der Waals surface area contributed by atoms with Crippen LogP contribution in [0.4, 0.5) is 5.69 Å². The van der Waals surface area contributed by atoms with Crippen LogP contribution in [0.1, 0.15) is 25.7 Å². The fourth-order valence-corrected chi connectivity index (χ4v) is 5.10. The number of hydrogen-bond donors (Lipinski definition) is 1. The zero-order valence-corrected chi connectivity index (χ0v) is 16.4. The number of rotatable bonds is 4. The summed E-state index contributed by atoms with van der Waals surface area (Å²) < 4.78 is 5.44. The number of amides is 2. The van der Waals surface area contributed by atoms with E-state index >= 15 is 0 Å². The van der Waals surface area contributed by atoms with Crippen molar-refractivity contribution in [3.05, 3.63) is 54.8 Å². The van der Waals surface area contributed by atoms with Gasteiger partial charge in [-0.05, 0) is 61.8 Å². The van der Waals surface area contributed by atoms with Crippen molar-refractivity contribution in [2.24, 2.45) is 23.7 Å². The summed E-state index contributed by atoms with van der Waals surface area (Å²) in [6.45, 7) is 1.36. The lowest BCUT2D eigenvalue weighted by molar-refractivity contribution is -0.139. The van der Waals surface area contributed by atoms with E-state index in [0.29, 0.717) is 30.8 Å². The number of nitrogens with zero attached hydrogens (tertiary/aromatic N) is 1. The van der Waals surface area contributed by atoms with E-state index in [1.54, 1.807) is 6.26 Å². The highest BCUT2D eigenvalue weighted by atomic mass is 16.3. The number of carbonyl (C=O) groups is 2. The Morgan fingerprint density at radius 2 is 1.90 bits per heavy atom. The predicted molar refractivity (Wildman–Crippen MR) is 111 cm³/mol. The number of piperidine rings is 1. The molecule has 3 atom stereocenters. The summed E-state index contributed by atoms with van der Waals surface area (Å²) >= 11 is 0. The van der Waals surface area contributed by atoms with Crippen molar-refractivity contribution in [1.82, 2.24) is 4.90 Å². The largest absolute Gasteiger partial charge is 0.464 e. The van der Waals surface area contributed by atoms with Gasteiger partial charge in [0.15, 0.2) is 0 Å². The molecule has 2 aliphatic carbocycles. The van der Waals surface area contributed by atoms with Crippen LogP contribution < -0.4 is 5.32 Å². The first-order chi connectivity index (χ1) is 14.2. The topological polar surface area (TPSA) is 62.6 Å². The fourth-order valence-electron chi connectivity index (χ4n) is 5.10. The van der Waals surface area contributed by atoms with Gasteiger partial charge in [0.05, 0.1) is 6.26 Å². The van der Waals surface area contributed by atoms with Crippen LogP contribution in [0.2, 0.25) is 0 Å². The molecule has 2 heterocycles. The molecule has 2 fully saturated rings. The maximum absolute atomic E-state index is 12.9. The molecule has 1 aliphatic heterocycles. The highest BCUT2D eigenvalue weighted by Gasteiger charge is 2.42. The number of fused-ring (bicyclic) bond motifs is 2. The van der Waals surface area contributed by atoms with Gasteiger partial charge >= 0.3 is 0 Å². The van der Waals surface area contributed by atoms with Crippen LogP contribution >= 0.6 is 0 Å². The van der Waals surface area contributed by atoms with Crippen LogP contribution in [-0.2, 0) is 9.59 Å². The van der Waals surface area contributed by atoms with E-state index in [4.69, 9.17) is 4.42 Å². The number of likely N-dealkylation sites (tertiary alicyclic amines) is 1. The van der Waals surface area contributed by atoms with E-state index in [2.05, 4.69) is 17.5 Å². The average molecular weight is 390 g/mol. The minimum absolute atomic E-state index is 0.0385. The maximum atomic E-state index is 12.9. The molecule has 5 rings (SSSR count). The number of benzene rings is 1. The van der Waals surface area contributed by atoms with Gasteiger partial charge in [-0.3, -0.25) is 9.59 Å². The van der Waals surface area contributed by atoms with Crippen molar-refractivity contribution in [3.8, 4) is 11.3 Å². The number of anilines is 1. The summed E-state index contributed by atoms with van der Waals surface area (Å²) in [6, 6.07) is 11.5. The summed E-state index contributed by atoms with van der Waals surface area (Å²) in [5.74, 6) is 2.28. The van der Waals surface area contributed by atoms with Gasteiger partial charge in [0.1, 0.15) is 5.76 Å². The van der Waals surface area contributed by atoms with Gasteiger partial charge in [0.2, 0.25) is 11.8 Å². The lowest BCUT2D eigenvalue weighted by Gasteiger charge is -2.34. The van der Waals surface area contributed by atoms with Gasteiger partial charge in [0.25, 0.3) is 0 Å². The molecular weight excluding hydrogens is 364 g/mol. The monoisotopic (exact) mass is 390 g/mol. The third-order valence-corrected chi connectivity index (χ3v) is 6.71. The summed E-state index contributed by atoms with van der Waals surface area (Å²) in [4.78, 5) is 27.6. The van der Waals surface area contributed by atoms with Crippen LogP contribution in [0.25, 0.3) is 11.3 Å². The number of allylic oxidation sites excluding steroid dienone is 2. The zero-order chi connectivity index (χ0) is 19.8. The van der Waals surface area contributed by atoms with Crippen molar-refractivity contribution in [2.45, 2.75) is 25.7 Å². The summed E-state index contributed by atoms with van der Waals surface area (Å²) in [6.07, 6.45) is 9.75. The molecule has 2 aromatic rings. The molecular formula is C24H26N2O3. The molecule has 3 aliphatic rings. The molecule has 1 aromatic carbocycles. The quantitative estimate of drug-likeness (QED) is 0.790. The third-order valence-electron chi connectivity index (χ3n) is 6.71. The minimum Gasteiger partial charge on any atom is -0.464 e. The van der Waals surface area contributed by atoms with Crippen molar-refractivity contribution in [1.29, 1.82) is 0 Å². The SMILES string of the molecule is O=C(Nc1cccc(-c2ccco2)c1)C1CCN(C(=O)[C@@H]2C[C@@H]3C=C[C@H]2C3)CC1. The summed E-state index contributed by atoms with van der Waals surface area (Å²) in [5, 5.41) is 3.04. The van der Waals surface area contributed by atoms with Crippen molar-refractivity contribution in [2.75, 3.05) is 18.4 Å². The second-order valence-corrected chi connectivity index (χ2v) is 8.53. The first-order valence-corrected chi connectivity index (χ1v) is 10.6. The Kier molecular flexibility index (Phi) is 4.74. The smallest absolute Gasteiger partial charge is 0.227 e. The third kappa shape index (κ3) is 3.61. The van der Waals surface area contributed by atoms with Crippen molar-refractivity contribution >= 4 is 17.5 Å². The van der Waals surface area contributed by atoms with Crippen molar-refractivity contribution < 1.29 is 14.0 Å². The number of hydrogen-bond acceptors (Lipinski definition) is 3. The van der Waals surface area contributed by atoms with Crippen LogP contribution in [0.3, 0.4) is 0 Å². The van der Waals surface area contributed by atoms with Crippen molar-refractivity contribution in [3.63, 3.8) is 0 Å². The molecule has 0 spiro atoms. The second kappa shape index (κ2) is 7.54. The lowest BCUT2D eigenvalue weighted by Crippen LogP contribution is -2.44. The van der Waals surface area contributed by atoms with Gasteiger partial charge in [-0.25, -0.2) is 0 Å². The second-order valence-electron chi connectivity index (χ2n) is 8.53. The standard InChI is InChI=1S/C24H26N2O3/c27-23(25-20-4-1-3-19(15-20)22-5-2-12-29-22)17-8-10-26(11-9-17)24(28)21-14-16-6-7-18(21)13-16/h1-7,12,15-18,21H,8-11,13-14H2,(H,25,27)/t16-,18+,21-/m1/s1. The summed E-state index contributed by atoms with van der Waals surface area (Å²) in [5.41, 5.74) is 1.71. The molecule has 1 saturated carbocycles. The van der Waals surface area contributed by atoms with E-state index < -0.39 is 0 Å². The molecule has 0 radical (unpaired) electrons. The van der Waals surface area contributed by atoms with Gasteiger partial charge in [-0.1, -0.05) is 24.3 Å². The normalized spacial score (nSPS) is 26.1. The molecule has 5 nitrogen and oxygen atoms in total. The molecule has 29 heavy (non-hydrogen) atoms. The van der Waals surface area contributed by atoms with Gasteiger partial charge in [0, 0.05) is 36.2 Å². The highest BCUT2D eigenvalue weighted by molar-refractivity contribution is 5.93. The molecule has 1 aromatic heterocycles. The number of carbonyl (C=O) groups excluding carboxylic acids is 2. The average Bonchev–Trinajstić information content (AvgIpc) is 3.52. The Balaban J connectivity index is 1.16. The molecule has 1 saturated heterocycles. The molecule has 5 heteroatoms. The first-order valence-electron chi connectivity index (χ1n) is 10.6. The minimum atomic E-state index is -0.0498. The predicted octanol–water partition coefficient (Wildman–Crippen LogP) is 4.34. The van der Waals surface area contributed by atoms with Crippen LogP contribution in [-0.4, -0.2) is 29.8 Å². The Morgan fingerprint density at radius 3 is 2.59 bits per heavy atom. The van der Waals surface area contributed by atoms with Gasteiger partial charge in [-0.15, -0.1) is 0 Å². The van der Waals surface area contributed by atoms with Crippen LogP contribution in [0, 0.1) is 23.7 Å². The first kappa shape index (κ1) is 18.2. The van der Waals surface area contributed by atoms with Gasteiger partial charge in [-0.2, -0.15) is 0 Å². The van der Waals surface area contributed by atoms with Crippen LogP contribution in [0.15, 0.2) is 59.2 Å². The Bertz CT molecular complexity index is 925. The van der Waals surface area contributed by atoms with E-state index in [1.165, 1.54) is 0 Å². The maximum Gasteiger partial charge on any atom is 0.227 e. The molecule has 2 amide bonds. The van der Waals surface area contributed by atoms with E-state index in [1.807, 2.05) is 41.3 Å². The molecule has 150 valence electrons. The summed E-state index contributed by atoms with van der Waals surface area (Å²) in [7, 11) is 0. The van der Waals surface area contributed by atoms with E-state index in [-0.39, 0.29) is 17.7 Å². The van der Waals surface area contributed by atoms with E-state index in [0.717, 1.165) is 42.7 Å². The highest BCUT2D eigenvalue weighted by Crippen LogP contribution is 2.44. The zero-order valence-electron chi connectivity index (χ0n) is 16.4. The molecule has 2 bridgehead atoms. The molecule has 0 unspecified atom stereocenters.